The van der Waals surface area contributed by atoms with Gasteiger partial charge in [-0.25, -0.2) is 19.6 Å². The number of aryl methyl sites for hydroxylation is 1. The van der Waals surface area contributed by atoms with Crippen LogP contribution in [0.15, 0.2) is 71.7 Å². The molecule has 300 valence electrons. The van der Waals surface area contributed by atoms with Gasteiger partial charge in [0.15, 0.2) is 0 Å². The molecule has 2 aromatic heterocycles. The number of piperidine rings is 3. The lowest BCUT2D eigenvalue weighted by Gasteiger charge is -2.47. The van der Waals surface area contributed by atoms with Gasteiger partial charge in [0, 0.05) is 56.9 Å². The fourth-order valence-electron chi connectivity index (χ4n) is 8.83. The van der Waals surface area contributed by atoms with Crippen LogP contribution in [-0.4, -0.2) is 64.2 Å². The van der Waals surface area contributed by atoms with Gasteiger partial charge < -0.3 is 19.3 Å². The summed E-state index contributed by atoms with van der Waals surface area (Å²) in [6.45, 7) is 15.7. The number of imide groups is 1. The van der Waals surface area contributed by atoms with Gasteiger partial charge in [-0.1, -0.05) is 37.6 Å². The summed E-state index contributed by atoms with van der Waals surface area (Å²) >= 11 is 6.47. The third-order valence-electron chi connectivity index (χ3n) is 12.6. The molecule has 3 aromatic carbocycles. The summed E-state index contributed by atoms with van der Waals surface area (Å²) in [5.41, 5.74) is 5.32. The highest BCUT2D eigenvalue weighted by Gasteiger charge is 2.39. The van der Waals surface area contributed by atoms with E-state index in [0.29, 0.717) is 35.0 Å². The molecule has 1 spiro atoms. The first-order valence-electron chi connectivity index (χ1n) is 19.7. The molecule has 5 heterocycles. The number of fused-ring (bicyclic) bond motifs is 1. The maximum atomic E-state index is 13.3. The summed E-state index contributed by atoms with van der Waals surface area (Å²) in [5, 5.41) is 2.79. The van der Waals surface area contributed by atoms with Crippen molar-refractivity contribution in [3.05, 3.63) is 111 Å². The van der Waals surface area contributed by atoms with E-state index >= 15 is 0 Å². The molecule has 8 rings (SSSR count). The van der Waals surface area contributed by atoms with E-state index in [0.717, 1.165) is 91.6 Å². The molecule has 1 N–H and O–H groups in total. The fraction of sp³-hybridized carbons (Fsp3) is 0.409. The van der Waals surface area contributed by atoms with E-state index in [1.165, 1.54) is 11.7 Å². The number of nitrogens with one attached hydrogen (secondary N) is 1. The van der Waals surface area contributed by atoms with E-state index in [-0.39, 0.29) is 23.4 Å². The van der Waals surface area contributed by atoms with Gasteiger partial charge in [0.1, 0.15) is 24.1 Å². The second-order valence-corrected chi connectivity index (χ2v) is 16.6. The Morgan fingerprint density at radius 3 is 2.31 bits per heavy atom. The van der Waals surface area contributed by atoms with Crippen LogP contribution in [0.2, 0.25) is 5.02 Å². The lowest BCUT2D eigenvalue weighted by molar-refractivity contribution is -0.135. The van der Waals surface area contributed by atoms with Crippen LogP contribution in [0.5, 0.6) is 11.5 Å². The van der Waals surface area contributed by atoms with Gasteiger partial charge in [-0.2, -0.15) is 0 Å². The molecular formula is C44H47ClN8O5. The second-order valence-electron chi connectivity index (χ2n) is 16.2. The maximum absolute atomic E-state index is 13.3. The molecule has 3 fully saturated rings. The number of anilines is 2. The van der Waals surface area contributed by atoms with E-state index in [2.05, 4.69) is 44.9 Å². The SMILES string of the molecule is [C-]#[N+]c1cc(C(C)(C)c2ccc(OCc3ccnc(N4CCC5(CCN(c6ccc7c(c6)n(C)c(=O)n7C6CCC(=O)NC6=O)CC5)CC4)n3)cc2)cc(Cl)c1OC. The largest absolute Gasteiger partial charge is 0.506 e. The number of carbonyl (C=O) groups excluding carboxylic acids is 2. The van der Waals surface area contributed by atoms with Crippen LogP contribution in [0.25, 0.3) is 15.9 Å². The Morgan fingerprint density at radius 2 is 1.64 bits per heavy atom. The first-order valence-corrected chi connectivity index (χ1v) is 20.1. The molecule has 0 aliphatic carbocycles. The Hall–Kier alpha value is -5.87. The number of hydrogen-bond acceptors (Lipinski definition) is 9. The summed E-state index contributed by atoms with van der Waals surface area (Å²) in [6.07, 6.45) is 6.63. The average Bonchev–Trinajstić information content (AvgIpc) is 3.48. The normalized spacial score (nSPS) is 18.3. The summed E-state index contributed by atoms with van der Waals surface area (Å²) < 4.78 is 14.6. The van der Waals surface area contributed by atoms with Crippen LogP contribution >= 0.6 is 11.6 Å². The number of methoxy groups -OCH3 is 1. The van der Waals surface area contributed by atoms with Gasteiger partial charge in [-0.15, -0.1) is 0 Å². The van der Waals surface area contributed by atoms with E-state index < -0.39 is 17.4 Å². The van der Waals surface area contributed by atoms with Gasteiger partial charge in [-0.3, -0.25) is 24.0 Å². The van der Waals surface area contributed by atoms with E-state index in [1.807, 2.05) is 54.6 Å². The number of halogens is 1. The third kappa shape index (κ3) is 7.26. The molecule has 3 saturated heterocycles. The minimum atomic E-state index is -0.695. The zero-order valence-electron chi connectivity index (χ0n) is 33.3. The topological polar surface area (TPSA) is 128 Å². The molecule has 0 saturated carbocycles. The number of ether oxygens (including phenoxy) is 2. The lowest BCUT2D eigenvalue weighted by atomic mass is 9.71. The Balaban J connectivity index is 0.857. The zero-order valence-corrected chi connectivity index (χ0v) is 34.0. The number of aromatic nitrogens is 4. The molecular weight excluding hydrogens is 756 g/mol. The number of imidazole rings is 1. The molecule has 13 nitrogen and oxygen atoms in total. The van der Waals surface area contributed by atoms with Crippen molar-refractivity contribution in [1.82, 2.24) is 24.4 Å². The van der Waals surface area contributed by atoms with Gasteiger partial charge >= 0.3 is 5.69 Å². The van der Waals surface area contributed by atoms with E-state index in [1.54, 1.807) is 17.8 Å². The highest BCUT2D eigenvalue weighted by atomic mass is 35.5. The maximum Gasteiger partial charge on any atom is 0.329 e. The first kappa shape index (κ1) is 39.0. The van der Waals surface area contributed by atoms with Gasteiger partial charge in [0.05, 0.1) is 35.4 Å². The van der Waals surface area contributed by atoms with Crippen molar-refractivity contribution in [1.29, 1.82) is 0 Å². The number of amides is 2. The summed E-state index contributed by atoms with van der Waals surface area (Å²) in [6, 6.07) is 18.9. The van der Waals surface area contributed by atoms with Crippen LogP contribution in [0, 0.1) is 12.0 Å². The van der Waals surface area contributed by atoms with Gasteiger partial charge in [0.25, 0.3) is 0 Å². The highest BCUT2D eigenvalue weighted by molar-refractivity contribution is 6.32. The van der Waals surface area contributed by atoms with E-state index in [4.69, 9.17) is 32.6 Å². The monoisotopic (exact) mass is 802 g/mol. The van der Waals surface area contributed by atoms with Crippen molar-refractivity contribution in [2.75, 3.05) is 43.1 Å². The number of hydrogen-bond donors (Lipinski definition) is 1. The molecule has 2 amide bonds. The zero-order chi connectivity index (χ0) is 40.8. The smallest absolute Gasteiger partial charge is 0.329 e. The summed E-state index contributed by atoms with van der Waals surface area (Å²) in [4.78, 5) is 55.4. The first-order chi connectivity index (χ1) is 27.9. The minimum Gasteiger partial charge on any atom is -0.506 e. The molecule has 1 atom stereocenters. The summed E-state index contributed by atoms with van der Waals surface area (Å²) in [7, 11) is 3.25. The number of nitrogens with zero attached hydrogens (tertiary/aromatic N) is 7. The van der Waals surface area contributed by atoms with Crippen molar-refractivity contribution >= 4 is 51.8 Å². The lowest BCUT2D eigenvalue weighted by Crippen LogP contribution is -2.47. The van der Waals surface area contributed by atoms with Crippen molar-refractivity contribution in [3.8, 4) is 11.5 Å². The van der Waals surface area contributed by atoms with Crippen LogP contribution in [0.3, 0.4) is 0 Å². The Morgan fingerprint density at radius 1 is 0.931 bits per heavy atom. The van der Waals surface area contributed by atoms with Crippen LogP contribution < -0.4 is 30.3 Å². The van der Waals surface area contributed by atoms with Gasteiger partial charge in [0.2, 0.25) is 23.5 Å². The van der Waals surface area contributed by atoms with Crippen molar-refractivity contribution in [2.24, 2.45) is 12.5 Å². The van der Waals surface area contributed by atoms with Crippen molar-refractivity contribution in [2.45, 2.75) is 70.4 Å². The van der Waals surface area contributed by atoms with Gasteiger partial charge in [-0.05, 0) is 97.2 Å². The second kappa shape index (κ2) is 15.5. The Kier molecular flexibility index (Phi) is 10.4. The Labute approximate surface area is 342 Å². The highest BCUT2D eigenvalue weighted by Crippen LogP contribution is 2.44. The molecule has 0 radical (unpaired) electrons. The minimum absolute atomic E-state index is 0.216. The van der Waals surface area contributed by atoms with Crippen LogP contribution in [0.1, 0.15) is 75.2 Å². The molecule has 1 unspecified atom stereocenters. The van der Waals surface area contributed by atoms with Crippen molar-refractivity contribution in [3.63, 3.8) is 0 Å². The number of carbonyl (C=O) groups is 2. The predicted molar refractivity (Wildman–Crippen MR) is 223 cm³/mol. The van der Waals surface area contributed by atoms with Crippen LogP contribution in [-0.2, 0) is 28.7 Å². The standard InChI is InChI=1S/C44H47ClN8O5/c1-43(2,29-24-33(45)39(57-5)34(25-29)46-3)28-6-9-32(10-7-28)58-27-30-14-19-47-41(48-30)52-22-17-44(18-23-52)15-20-51(21-16-44)31-8-11-35-37(26-31)50(4)42(56)53(35)36-12-13-38(54)49-40(36)55/h6-11,14,19,24-26,36H,12-13,15-18,20-23,27H2,1-2,4-5H3,(H,49,54,55). The van der Waals surface area contributed by atoms with E-state index in [9.17, 15) is 14.4 Å². The fourth-order valence-corrected chi connectivity index (χ4v) is 9.12. The predicted octanol–water partition coefficient (Wildman–Crippen LogP) is 7.11. The summed E-state index contributed by atoms with van der Waals surface area (Å²) in [5.74, 6) is 1.12. The number of rotatable bonds is 9. The molecule has 3 aliphatic heterocycles. The van der Waals surface area contributed by atoms with Crippen LogP contribution in [0.4, 0.5) is 17.3 Å². The average molecular weight is 803 g/mol. The molecule has 0 bridgehead atoms. The third-order valence-corrected chi connectivity index (χ3v) is 12.9. The molecule has 14 heteroatoms. The van der Waals surface area contributed by atoms with Crippen molar-refractivity contribution < 1.29 is 19.1 Å². The Bertz CT molecular complexity index is 2490. The number of benzene rings is 3. The molecule has 5 aromatic rings. The molecule has 3 aliphatic rings. The quantitative estimate of drug-likeness (QED) is 0.123. The molecule has 58 heavy (non-hydrogen) atoms.